The van der Waals surface area contributed by atoms with E-state index in [2.05, 4.69) is 0 Å². The molecule has 32 heavy (non-hydrogen) atoms. The molecule has 0 amide bonds. The molecule has 0 aliphatic heterocycles. The lowest BCUT2D eigenvalue weighted by atomic mass is 10.1. The molecule has 0 fully saturated rings. The Morgan fingerprint density at radius 1 is 0.906 bits per heavy atom. The molecule has 0 aliphatic rings. The third kappa shape index (κ3) is 5.61. The van der Waals surface area contributed by atoms with Crippen LogP contribution in [-0.4, -0.2) is 44.7 Å². The van der Waals surface area contributed by atoms with E-state index in [1.165, 1.54) is 42.8 Å². The molecule has 0 unspecified atom stereocenters. The monoisotopic (exact) mass is 475 g/mol. The first-order chi connectivity index (χ1) is 15.4. The van der Waals surface area contributed by atoms with Crippen molar-refractivity contribution in [3.8, 4) is 11.5 Å². The third-order valence-electron chi connectivity index (χ3n) is 5.14. The standard InChI is InChI=1S/C24H26ClNO5S/c1-30-23-13-8-19(15-24(23)31-2)16-26(21(17-27)14-18-6-4-3-5-7-18)32(28,29)22-11-9-20(25)10-12-22/h3-13,15,21,27H,14,16-17H2,1-2H3/t21-/m0/s1. The molecule has 1 N–H and O–H groups in total. The van der Waals surface area contributed by atoms with Crippen LogP contribution in [0.2, 0.25) is 5.02 Å². The van der Waals surface area contributed by atoms with Crippen LogP contribution in [0.15, 0.2) is 77.7 Å². The smallest absolute Gasteiger partial charge is 0.243 e. The van der Waals surface area contributed by atoms with Gasteiger partial charge in [0.1, 0.15) is 0 Å². The first kappa shape index (κ1) is 24.1. The molecule has 0 saturated heterocycles. The molecule has 3 rings (SSSR count). The van der Waals surface area contributed by atoms with Gasteiger partial charge in [0.2, 0.25) is 10.0 Å². The van der Waals surface area contributed by atoms with E-state index < -0.39 is 16.1 Å². The average molecular weight is 476 g/mol. The van der Waals surface area contributed by atoms with Gasteiger partial charge in [-0.1, -0.05) is 48.0 Å². The number of halogens is 1. The van der Waals surface area contributed by atoms with Gasteiger partial charge in [0.05, 0.1) is 31.8 Å². The fourth-order valence-corrected chi connectivity index (χ4v) is 5.18. The molecular formula is C24H26ClNO5S. The summed E-state index contributed by atoms with van der Waals surface area (Å²) >= 11 is 5.96. The second-order valence-electron chi connectivity index (χ2n) is 7.22. The Kier molecular flexibility index (Phi) is 8.15. The van der Waals surface area contributed by atoms with Gasteiger partial charge in [-0.25, -0.2) is 8.42 Å². The van der Waals surface area contributed by atoms with E-state index in [1.807, 2.05) is 30.3 Å². The van der Waals surface area contributed by atoms with Crippen molar-refractivity contribution in [3.63, 3.8) is 0 Å². The molecule has 3 aromatic rings. The van der Waals surface area contributed by atoms with Crippen molar-refractivity contribution in [3.05, 3.63) is 88.9 Å². The highest BCUT2D eigenvalue weighted by Gasteiger charge is 2.32. The Balaban J connectivity index is 2.02. The summed E-state index contributed by atoms with van der Waals surface area (Å²) in [6, 6.07) is 20.1. The van der Waals surface area contributed by atoms with Gasteiger partial charge in [0, 0.05) is 11.6 Å². The van der Waals surface area contributed by atoms with E-state index in [4.69, 9.17) is 21.1 Å². The van der Waals surface area contributed by atoms with Crippen LogP contribution in [0.25, 0.3) is 0 Å². The van der Waals surface area contributed by atoms with Crippen molar-refractivity contribution in [2.45, 2.75) is 23.9 Å². The second kappa shape index (κ2) is 10.8. The molecular weight excluding hydrogens is 450 g/mol. The van der Waals surface area contributed by atoms with Crippen molar-refractivity contribution >= 4 is 21.6 Å². The Morgan fingerprint density at radius 3 is 2.16 bits per heavy atom. The first-order valence-corrected chi connectivity index (χ1v) is 11.8. The number of benzene rings is 3. The van der Waals surface area contributed by atoms with Gasteiger partial charge in [0.15, 0.2) is 11.5 Å². The first-order valence-electron chi connectivity index (χ1n) is 10.0. The predicted octanol–water partition coefficient (Wildman–Crippen LogP) is 4.15. The second-order valence-corrected chi connectivity index (χ2v) is 9.55. The quantitative estimate of drug-likeness (QED) is 0.476. The van der Waals surface area contributed by atoms with E-state index in [0.29, 0.717) is 28.5 Å². The van der Waals surface area contributed by atoms with Crippen LogP contribution in [-0.2, 0) is 23.0 Å². The Labute approximate surface area is 194 Å². The van der Waals surface area contributed by atoms with Crippen molar-refractivity contribution in [2.75, 3.05) is 20.8 Å². The molecule has 0 saturated carbocycles. The molecule has 0 spiro atoms. The number of hydrogen-bond donors (Lipinski definition) is 1. The average Bonchev–Trinajstić information content (AvgIpc) is 2.82. The molecule has 170 valence electrons. The largest absolute Gasteiger partial charge is 0.493 e. The van der Waals surface area contributed by atoms with E-state index in [-0.39, 0.29) is 18.0 Å². The zero-order valence-corrected chi connectivity index (χ0v) is 19.5. The molecule has 0 bridgehead atoms. The van der Waals surface area contributed by atoms with Crippen LogP contribution >= 0.6 is 11.6 Å². The minimum Gasteiger partial charge on any atom is -0.493 e. The lowest BCUT2D eigenvalue weighted by molar-refractivity contribution is 0.182. The SMILES string of the molecule is COc1ccc(CN([C@H](CO)Cc2ccccc2)S(=O)(=O)c2ccc(Cl)cc2)cc1OC. The maximum absolute atomic E-state index is 13.6. The molecule has 0 aromatic heterocycles. The summed E-state index contributed by atoms with van der Waals surface area (Å²) in [7, 11) is -0.878. The fourth-order valence-electron chi connectivity index (χ4n) is 3.45. The van der Waals surface area contributed by atoms with Gasteiger partial charge < -0.3 is 14.6 Å². The number of methoxy groups -OCH3 is 2. The Bertz CT molecular complexity index is 1120. The van der Waals surface area contributed by atoms with Gasteiger partial charge in [-0.3, -0.25) is 0 Å². The normalized spacial score (nSPS) is 12.5. The van der Waals surface area contributed by atoms with E-state index in [1.54, 1.807) is 18.2 Å². The maximum Gasteiger partial charge on any atom is 0.243 e. The van der Waals surface area contributed by atoms with E-state index in [0.717, 1.165) is 5.56 Å². The summed E-state index contributed by atoms with van der Waals surface area (Å²) in [5.74, 6) is 1.05. The van der Waals surface area contributed by atoms with Crippen molar-refractivity contribution in [1.82, 2.24) is 4.31 Å². The Morgan fingerprint density at radius 2 is 1.56 bits per heavy atom. The number of aliphatic hydroxyl groups excluding tert-OH is 1. The van der Waals surface area contributed by atoms with Crippen LogP contribution in [0.1, 0.15) is 11.1 Å². The zero-order valence-electron chi connectivity index (χ0n) is 17.9. The lowest BCUT2D eigenvalue weighted by Gasteiger charge is -2.30. The molecule has 8 heteroatoms. The summed E-state index contributed by atoms with van der Waals surface area (Å²) in [6.07, 6.45) is 0.359. The topological polar surface area (TPSA) is 76.1 Å². The van der Waals surface area contributed by atoms with Crippen LogP contribution in [0, 0.1) is 0 Å². The highest BCUT2D eigenvalue weighted by molar-refractivity contribution is 7.89. The number of ether oxygens (including phenoxy) is 2. The molecule has 6 nitrogen and oxygen atoms in total. The van der Waals surface area contributed by atoms with Gasteiger partial charge in [0.25, 0.3) is 0 Å². The maximum atomic E-state index is 13.6. The van der Waals surface area contributed by atoms with Crippen LogP contribution in [0.4, 0.5) is 0 Å². The number of sulfonamides is 1. The fraction of sp³-hybridized carbons (Fsp3) is 0.250. The van der Waals surface area contributed by atoms with Gasteiger partial charge in [-0.15, -0.1) is 0 Å². The van der Waals surface area contributed by atoms with Gasteiger partial charge in [-0.2, -0.15) is 4.31 Å². The summed E-state index contributed by atoms with van der Waals surface area (Å²) in [6.45, 7) is -0.293. The van der Waals surface area contributed by atoms with Crippen LogP contribution in [0.3, 0.4) is 0 Å². The van der Waals surface area contributed by atoms with Crippen LogP contribution in [0.5, 0.6) is 11.5 Å². The van der Waals surface area contributed by atoms with Gasteiger partial charge >= 0.3 is 0 Å². The minimum atomic E-state index is -3.94. The molecule has 0 heterocycles. The highest BCUT2D eigenvalue weighted by Crippen LogP contribution is 2.30. The number of hydrogen-bond acceptors (Lipinski definition) is 5. The number of nitrogens with zero attached hydrogens (tertiary/aromatic N) is 1. The molecule has 1 atom stereocenters. The molecule has 3 aromatic carbocycles. The summed E-state index contributed by atoms with van der Waals surface area (Å²) in [5.41, 5.74) is 1.63. The highest BCUT2D eigenvalue weighted by atomic mass is 35.5. The minimum absolute atomic E-state index is 0.0450. The third-order valence-corrected chi connectivity index (χ3v) is 7.30. The predicted molar refractivity (Wildman–Crippen MR) is 125 cm³/mol. The summed E-state index contributed by atoms with van der Waals surface area (Å²) < 4.78 is 39.2. The molecule has 0 aliphatic carbocycles. The lowest BCUT2D eigenvalue weighted by Crippen LogP contribution is -2.43. The number of rotatable bonds is 10. The van der Waals surface area contributed by atoms with Crippen LogP contribution < -0.4 is 9.47 Å². The molecule has 0 radical (unpaired) electrons. The van der Waals surface area contributed by atoms with E-state index >= 15 is 0 Å². The number of aliphatic hydroxyl groups is 1. The van der Waals surface area contributed by atoms with E-state index in [9.17, 15) is 13.5 Å². The Hall–Kier alpha value is -2.58. The summed E-state index contributed by atoms with van der Waals surface area (Å²) in [5, 5.41) is 10.6. The van der Waals surface area contributed by atoms with Crippen molar-refractivity contribution < 1.29 is 23.0 Å². The zero-order chi connectivity index (χ0) is 23.1. The van der Waals surface area contributed by atoms with Gasteiger partial charge in [-0.05, 0) is 53.9 Å². The van der Waals surface area contributed by atoms with Crippen molar-refractivity contribution in [1.29, 1.82) is 0 Å². The summed E-state index contributed by atoms with van der Waals surface area (Å²) in [4.78, 5) is 0.105. The van der Waals surface area contributed by atoms with Crippen molar-refractivity contribution in [2.24, 2.45) is 0 Å².